The van der Waals surface area contributed by atoms with Crippen LogP contribution in [0.1, 0.15) is 24.0 Å². The standard InChI is InChI=1S/C15H22N2O3/c1-19-14-8-11(5-6-12(14)9-16)10-17-7-3-4-13(17)15(18)20-2/h5-6,8,13H,3-4,7,9-10,16H2,1-2H3. The zero-order chi connectivity index (χ0) is 14.5. The molecule has 0 saturated carbocycles. The molecule has 1 fully saturated rings. The average Bonchev–Trinajstić information content (AvgIpc) is 2.94. The lowest BCUT2D eigenvalue weighted by Gasteiger charge is -2.22. The van der Waals surface area contributed by atoms with E-state index in [4.69, 9.17) is 15.2 Å². The Morgan fingerprint density at radius 3 is 2.90 bits per heavy atom. The van der Waals surface area contributed by atoms with E-state index in [2.05, 4.69) is 4.90 Å². The summed E-state index contributed by atoms with van der Waals surface area (Å²) in [6, 6.07) is 5.89. The molecule has 1 aromatic rings. The molecule has 20 heavy (non-hydrogen) atoms. The van der Waals surface area contributed by atoms with E-state index < -0.39 is 0 Å². The molecule has 0 aromatic heterocycles. The first kappa shape index (κ1) is 14.8. The van der Waals surface area contributed by atoms with Gasteiger partial charge in [0.1, 0.15) is 11.8 Å². The summed E-state index contributed by atoms with van der Waals surface area (Å²) >= 11 is 0. The number of rotatable bonds is 5. The van der Waals surface area contributed by atoms with Crippen LogP contribution >= 0.6 is 0 Å². The van der Waals surface area contributed by atoms with E-state index in [0.29, 0.717) is 6.54 Å². The summed E-state index contributed by atoms with van der Waals surface area (Å²) in [5, 5.41) is 0. The topological polar surface area (TPSA) is 64.8 Å². The van der Waals surface area contributed by atoms with Crippen molar-refractivity contribution < 1.29 is 14.3 Å². The van der Waals surface area contributed by atoms with Gasteiger partial charge in [-0.2, -0.15) is 0 Å². The molecule has 0 spiro atoms. The van der Waals surface area contributed by atoms with Crippen LogP contribution in [0.15, 0.2) is 18.2 Å². The summed E-state index contributed by atoms with van der Waals surface area (Å²) in [6.07, 6.45) is 1.89. The van der Waals surface area contributed by atoms with Crippen LogP contribution in [0, 0.1) is 0 Å². The van der Waals surface area contributed by atoms with Crippen molar-refractivity contribution in [2.45, 2.75) is 32.0 Å². The van der Waals surface area contributed by atoms with E-state index in [1.807, 2.05) is 18.2 Å². The summed E-state index contributed by atoms with van der Waals surface area (Å²) in [4.78, 5) is 13.9. The van der Waals surface area contributed by atoms with Crippen LogP contribution < -0.4 is 10.5 Å². The number of methoxy groups -OCH3 is 2. The maximum Gasteiger partial charge on any atom is 0.323 e. The molecule has 1 unspecified atom stereocenters. The van der Waals surface area contributed by atoms with Gasteiger partial charge in [0.15, 0.2) is 0 Å². The predicted octanol–water partition coefficient (Wildman–Crippen LogP) is 1.29. The number of hydrogen-bond donors (Lipinski definition) is 1. The fourth-order valence-electron chi connectivity index (χ4n) is 2.71. The van der Waals surface area contributed by atoms with E-state index in [9.17, 15) is 4.79 Å². The minimum atomic E-state index is -0.145. The molecule has 0 bridgehead atoms. The number of nitrogens with zero attached hydrogens (tertiary/aromatic N) is 1. The maximum absolute atomic E-state index is 11.7. The Morgan fingerprint density at radius 1 is 1.45 bits per heavy atom. The second kappa shape index (κ2) is 6.72. The number of carbonyl (C=O) groups is 1. The fourth-order valence-corrected chi connectivity index (χ4v) is 2.71. The van der Waals surface area contributed by atoms with Gasteiger partial charge in [-0.15, -0.1) is 0 Å². The minimum absolute atomic E-state index is 0.125. The number of hydrogen-bond acceptors (Lipinski definition) is 5. The lowest BCUT2D eigenvalue weighted by Crippen LogP contribution is -2.36. The van der Waals surface area contributed by atoms with Gasteiger partial charge in [0.25, 0.3) is 0 Å². The lowest BCUT2D eigenvalue weighted by molar-refractivity contribution is -0.146. The molecule has 2 N–H and O–H groups in total. The Kier molecular flexibility index (Phi) is 4.98. The van der Waals surface area contributed by atoms with Gasteiger partial charge < -0.3 is 15.2 Å². The number of ether oxygens (including phenoxy) is 2. The quantitative estimate of drug-likeness (QED) is 0.822. The SMILES string of the molecule is COC(=O)C1CCCN1Cc1ccc(CN)c(OC)c1. The highest BCUT2D eigenvalue weighted by molar-refractivity contribution is 5.76. The number of carbonyl (C=O) groups excluding carboxylic acids is 1. The van der Waals surface area contributed by atoms with E-state index in [1.54, 1.807) is 7.11 Å². The van der Waals surface area contributed by atoms with Crippen LogP contribution in [0.3, 0.4) is 0 Å². The maximum atomic E-state index is 11.7. The number of esters is 1. The summed E-state index contributed by atoms with van der Waals surface area (Å²) in [6.45, 7) is 2.10. The van der Waals surface area contributed by atoms with Crippen LogP contribution in [-0.2, 0) is 22.6 Å². The summed E-state index contributed by atoms with van der Waals surface area (Å²) < 4.78 is 10.2. The van der Waals surface area contributed by atoms with Crippen molar-refractivity contribution in [2.75, 3.05) is 20.8 Å². The van der Waals surface area contributed by atoms with Gasteiger partial charge in [0.2, 0.25) is 0 Å². The van der Waals surface area contributed by atoms with Gasteiger partial charge in [-0.25, -0.2) is 0 Å². The third-order valence-electron chi connectivity index (χ3n) is 3.79. The van der Waals surface area contributed by atoms with Crippen LogP contribution in [0.25, 0.3) is 0 Å². The number of likely N-dealkylation sites (tertiary alicyclic amines) is 1. The first-order chi connectivity index (χ1) is 9.69. The third-order valence-corrected chi connectivity index (χ3v) is 3.79. The van der Waals surface area contributed by atoms with Gasteiger partial charge in [0.05, 0.1) is 14.2 Å². The molecule has 1 aliphatic rings. The molecule has 0 aliphatic carbocycles. The second-order valence-corrected chi connectivity index (χ2v) is 5.00. The Balaban J connectivity index is 2.11. The van der Waals surface area contributed by atoms with Gasteiger partial charge in [-0.3, -0.25) is 9.69 Å². The Morgan fingerprint density at radius 2 is 2.25 bits per heavy atom. The molecule has 5 heteroatoms. The molecule has 0 amide bonds. The van der Waals surface area contributed by atoms with Crippen LogP contribution in [0.4, 0.5) is 0 Å². The molecule has 2 rings (SSSR count). The highest BCUT2D eigenvalue weighted by atomic mass is 16.5. The second-order valence-electron chi connectivity index (χ2n) is 5.00. The average molecular weight is 278 g/mol. The highest BCUT2D eigenvalue weighted by Gasteiger charge is 2.31. The van der Waals surface area contributed by atoms with Crippen LogP contribution in [0.2, 0.25) is 0 Å². The van der Waals surface area contributed by atoms with Gasteiger partial charge >= 0.3 is 5.97 Å². The minimum Gasteiger partial charge on any atom is -0.496 e. The fraction of sp³-hybridized carbons (Fsp3) is 0.533. The number of benzene rings is 1. The lowest BCUT2D eigenvalue weighted by atomic mass is 10.1. The molecular weight excluding hydrogens is 256 g/mol. The molecular formula is C15H22N2O3. The molecule has 1 saturated heterocycles. The Labute approximate surface area is 119 Å². The van der Waals surface area contributed by atoms with Crippen molar-refractivity contribution in [3.8, 4) is 5.75 Å². The third kappa shape index (κ3) is 3.11. The van der Waals surface area contributed by atoms with E-state index >= 15 is 0 Å². The smallest absolute Gasteiger partial charge is 0.323 e. The summed E-state index contributed by atoms with van der Waals surface area (Å²) in [5.74, 6) is 0.659. The first-order valence-electron chi connectivity index (χ1n) is 6.87. The molecule has 0 radical (unpaired) electrons. The Bertz CT molecular complexity index is 476. The van der Waals surface area contributed by atoms with Crippen molar-refractivity contribution in [1.82, 2.24) is 4.90 Å². The predicted molar refractivity (Wildman–Crippen MR) is 76.3 cm³/mol. The summed E-state index contributed by atoms with van der Waals surface area (Å²) in [5.41, 5.74) is 7.78. The Hall–Kier alpha value is -1.59. The monoisotopic (exact) mass is 278 g/mol. The summed E-state index contributed by atoms with van der Waals surface area (Å²) in [7, 11) is 3.09. The van der Waals surface area contributed by atoms with E-state index in [1.165, 1.54) is 7.11 Å². The van der Waals surface area contributed by atoms with Crippen molar-refractivity contribution in [3.05, 3.63) is 29.3 Å². The molecule has 1 heterocycles. The number of nitrogens with two attached hydrogens (primary N) is 1. The van der Waals surface area contributed by atoms with Crippen molar-refractivity contribution in [1.29, 1.82) is 0 Å². The zero-order valence-electron chi connectivity index (χ0n) is 12.1. The first-order valence-corrected chi connectivity index (χ1v) is 6.87. The molecule has 1 aliphatic heterocycles. The van der Waals surface area contributed by atoms with E-state index in [0.717, 1.165) is 42.8 Å². The highest BCUT2D eigenvalue weighted by Crippen LogP contribution is 2.24. The van der Waals surface area contributed by atoms with Crippen molar-refractivity contribution >= 4 is 5.97 Å². The van der Waals surface area contributed by atoms with Gasteiger partial charge in [0, 0.05) is 18.7 Å². The normalized spacial score (nSPS) is 19.1. The van der Waals surface area contributed by atoms with Crippen molar-refractivity contribution in [2.24, 2.45) is 5.73 Å². The van der Waals surface area contributed by atoms with Crippen LogP contribution in [0.5, 0.6) is 5.75 Å². The molecule has 1 atom stereocenters. The van der Waals surface area contributed by atoms with Gasteiger partial charge in [-0.05, 0) is 31.0 Å². The van der Waals surface area contributed by atoms with Gasteiger partial charge in [-0.1, -0.05) is 12.1 Å². The molecule has 5 nitrogen and oxygen atoms in total. The zero-order valence-corrected chi connectivity index (χ0v) is 12.1. The molecule has 110 valence electrons. The van der Waals surface area contributed by atoms with E-state index in [-0.39, 0.29) is 12.0 Å². The van der Waals surface area contributed by atoms with Crippen LogP contribution in [-0.4, -0.2) is 37.7 Å². The van der Waals surface area contributed by atoms with Crippen molar-refractivity contribution in [3.63, 3.8) is 0 Å². The molecule has 1 aromatic carbocycles. The largest absolute Gasteiger partial charge is 0.496 e.